The molecule has 0 aliphatic carbocycles. The highest BCUT2D eigenvalue weighted by molar-refractivity contribution is 5.90. The zero-order valence-electron chi connectivity index (χ0n) is 14.6. The second kappa shape index (κ2) is 6.83. The highest BCUT2D eigenvalue weighted by atomic mass is 16.2. The monoisotopic (exact) mass is 333 g/mol. The molecule has 0 saturated carbocycles. The van der Waals surface area contributed by atoms with Crippen LogP contribution in [0.15, 0.2) is 12.3 Å². The van der Waals surface area contributed by atoms with Gasteiger partial charge in [-0.25, -0.2) is 0 Å². The predicted octanol–water partition coefficient (Wildman–Crippen LogP) is 1.23. The van der Waals surface area contributed by atoms with E-state index in [2.05, 4.69) is 10.4 Å². The Morgan fingerprint density at radius 3 is 2.38 bits per heavy atom. The average Bonchev–Trinajstić information content (AvgIpc) is 3.26. The van der Waals surface area contributed by atoms with E-state index < -0.39 is 5.54 Å². The highest BCUT2D eigenvalue weighted by Gasteiger charge is 2.45. The molecule has 7 heteroatoms. The van der Waals surface area contributed by atoms with E-state index in [-0.39, 0.29) is 11.8 Å². The van der Waals surface area contributed by atoms with Gasteiger partial charge in [-0.1, -0.05) is 6.92 Å². The van der Waals surface area contributed by atoms with Gasteiger partial charge in [0, 0.05) is 51.9 Å². The zero-order chi connectivity index (χ0) is 17.2. The van der Waals surface area contributed by atoms with Crippen LogP contribution in [0, 0.1) is 0 Å². The maximum Gasteiger partial charge on any atom is 0.248 e. The molecule has 1 N–H and O–H groups in total. The fourth-order valence-electron chi connectivity index (χ4n) is 3.70. The molecule has 2 aliphatic heterocycles. The van der Waals surface area contributed by atoms with Crippen molar-refractivity contribution in [2.24, 2.45) is 7.05 Å². The number of anilines is 1. The summed E-state index contributed by atoms with van der Waals surface area (Å²) < 4.78 is 1.73. The fraction of sp³-hybridized carbons (Fsp3) is 0.706. The summed E-state index contributed by atoms with van der Waals surface area (Å²) in [4.78, 5) is 29.0. The molecule has 7 nitrogen and oxygen atoms in total. The first kappa shape index (κ1) is 16.8. The highest BCUT2D eigenvalue weighted by Crippen LogP contribution is 2.30. The normalized spacial score (nSPS) is 20.2. The smallest absolute Gasteiger partial charge is 0.248 e. The number of nitrogens with zero attached hydrogens (tertiary/aromatic N) is 4. The number of hydrogen-bond donors (Lipinski definition) is 1. The van der Waals surface area contributed by atoms with Crippen molar-refractivity contribution in [1.82, 2.24) is 19.6 Å². The van der Waals surface area contributed by atoms with Gasteiger partial charge < -0.3 is 15.1 Å². The molecule has 0 aromatic carbocycles. The summed E-state index contributed by atoms with van der Waals surface area (Å²) >= 11 is 0. The number of carbonyl (C=O) groups excluding carboxylic acids is 2. The molecular formula is C17H27N5O2. The van der Waals surface area contributed by atoms with E-state index in [9.17, 15) is 9.59 Å². The molecule has 2 fully saturated rings. The van der Waals surface area contributed by atoms with E-state index in [1.807, 2.05) is 36.0 Å². The van der Waals surface area contributed by atoms with Crippen molar-refractivity contribution in [2.75, 3.05) is 31.5 Å². The van der Waals surface area contributed by atoms with E-state index in [0.717, 1.165) is 31.7 Å². The average molecular weight is 333 g/mol. The summed E-state index contributed by atoms with van der Waals surface area (Å²) in [5, 5.41) is 7.79. The molecule has 2 aliphatic rings. The molecule has 1 aromatic rings. The van der Waals surface area contributed by atoms with Gasteiger partial charge in [0.2, 0.25) is 11.8 Å². The molecule has 0 unspecified atom stereocenters. The molecule has 1 aromatic heterocycles. The standard InChI is InChI=1S/C17H27N5O2/c1-3-15(23)21-12-7-17(8-13-21,16(24)22-9-4-5-10-22)18-14-6-11-20(2)19-14/h6,11H,3-5,7-10,12-13H2,1-2H3,(H,18,19). The van der Waals surface area contributed by atoms with Crippen LogP contribution >= 0.6 is 0 Å². The minimum atomic E-state index is -0.650. The number of rotatable bonds is 4. The first-order valence-corrected chi connectivity index (χ1v) is 8.89. The van der Waals surface area contributed by atoms with Crippen LogP contribution in [0.25, 0.3) is 0 Å². The van der Waals surface area contributed by atoms with Gasteiger partial charge >= 0.3 is 0 Å². The largest absolute Gasteiger partial charge is 0.354 e. The fourth-order valence-corrected chi connectivity index (χ4v) is 3.70. The molecule has 2 amide bonds. The lowest BCUT2D eigenvalue weighted by molar-refractivity contribution is -0.140. The third-order valence-corrected chi connectivity index (χ3v) is 5.16. The predicted molar refractivity (Wildman–Crippen MR) is 91.5 cm³/mol. The Morgan fingerprint density at radius 1 is 1.17 bits per heavy atom. The Labute approximate surface area is 143 Å². The number of aryl methyl sites for hydroxylation is 1. The van der Waals surface area contributed by atoms with Gasteiger partial charge in [0.1, 0.15) is 11.4 Å². The molecule has 2 saturated heterocycles. The van der Waals surface area contributed by atoms with Gasteiger partial charge in [0.05, 0.1) is 0 Å². The topological polar surface area (TPSA) is 70.5 Å². The van der Waals surface area contributed by atoms with Crippen LogP contribution in [0.5, 0.6) is 0 Å². The maximum atomic E-state index is 13.2. The number of hydrogen-bond acceptors (Lipinski definition) is 4. The molecule has 3 rings (SSSR count). The number of amides is 2. The third-order valence-electron chi connectivity index (χ3n) is 5.16. The van der Waals surface area contributed by atoms with Crippen LogP contribution < -0.4 is 5.32 Å². The van der Waals surface area contributed by atoms with Crippen LogP contribution in [-0.2, 0) is 16.6 Å². The van der Waals surface area contributed by atoms with Gasteiger partial charge in [-0.2, -0.15) is 5.10 Å². The Balaban J connectivity index is 1.79. The van der Waals surface area contributed by atoms with Crippen LogP contribution in [0.2, 0.25) is 0 Å². The number of likely N-dealkylation sites (tertiary alicyclic amines) is 2. The summed E-state index contributed by atoms with van der Waals surface area (Å²) in [7, 11) is 1.86. The minimum absolute atomic E-state index is 0.161. The van der Waals surface area contributed by atoms with E-state index in [1.165, 1.54) is 0 Å². The first-order chi connectivity index (χ1) is 11.5. The van der Waals surface area contributed by atoms with Crippen molar-refractivity contribution in [2.45, 2.75) is 44.6 Å². The van der Waals surface area contributed by atoms with Gasteiger partial charge in [-0.05, 0) is 25.7 Å². The zero-order valence-corrected chi connectivity index (χ0v) is 14.6. The molecule has 132 valence electrons. The molecule has 0 atom stereocenters. The Morgan fingerprint density at radius 2 is 1.83 bits per heavy atom. The van der Waals surface area contributed by atoms with Crippen LogP contribution in [0.1, 0.15) is 39.0 Å². The maximum absolute atomic E-state index is 13.2. The van der Waals surface area contributed by atoms with Crippen molar-refractivity contribution < 1.29 is 9.59 Å². The van der Waals surface area contributed by atoms with Gasteiger partial charge in [-0.3, -0.25) is 14.3 Å². The minimum Gasteiger partial charge on any atom is -0.354 e. The summed E-state index contributed by atoms with van der Waals surface area (Å²) in [5.41, 5.74) is -0.650. The van der Waals surface area contributed by atoms with Crippen LogP contribution in [0.4, 0.5) is 5.82 Å². The Kier molecular flexibility index (Phi) is 4.78. The van der Waals surface area contributed by atoms with E-state index >= 15 is 0 Å². The van der Waals surface area contributed by atoms with Crippen molar-refractivity contribution >= 4 is 17.6 Å². The number of nitrogens with one attached hydrogen (secondary N) is 1. The molecular weight excluding hydrogens is 306 g/mol. The molecule has 0 bridgehead atoms. The molecule has 24 heavy (non-hydrogen) atoms. The number of aromatic nitrogens is 2. The Bertz CT molecular complexity index is 598. The lowest BCUT2D eigenvalue weighted by Gasteiger charge is -2.43. The third kappa shape index (κ3) is 3.25. The second-order valence-electron chi connectivity index (χ2n) is 6.82. The molecule has 0 spiro atoms. The summed E-state index contributed by atoms with van der Waals surface area (Å²) in [6, 6.07) is 1.89. The summed E-state index contributed by atoms with van der Waals surface area (Å²) in [5.74, 6) is 1.05. The van der Waals surface area contributed by atoms with Crippen molar-refractivity contribution in [3.8, 4) is 0 Å². The quantitative estimate of drug-likeness (QED) is 0.899. The first-order valence-electron chi connectivity index (χ1n) is 8.89. The van der Waals surface area contributed by atoms with Crippen molar-refractivity contribution in [3.63, 3.8) is 0 Å². The Hall–Kier alpha value is -2.05. The summed E-state index contributed by atoms with van der Waals surface area (Å²) in [6.45, 7) is 4.79. The molecule has 3 heterocycles. The van der Waals surface area contributed by atoms with E-state index in [4.69, 9.17) is 0 Å². The van der Waals surface area contributed by atoms with Crippen LogP contribution in [-0.4, -0.2) is 63.1 Å². The lowest BCUT2D eigenvalue weighted by atomic mass is 9.85. The lowest BCUT2D eigenvalue weighted by Crippen LogP contribution is -2.59. The van der Waals surface area contributed by atoms with Crippen molar-refractivity contribution in [3.05, 3.63) is 12.3 Å². The summed E-state index contributed by atoms with van der Waals surface area (Å²) in [6.07, 6.45) is 5.79. The van der Waals surface area contributed by atoms with E-state index in [1.54, 1.807) is 4.68 Å². The molecule has 0 radical (unpaired) electrons. The second-order valence-corrected chi connectivity index (χ2v) is 6.82. The van der Waals surface area contributed by atoms with Gasteiger partial charge in [0.25, 0.3) is 0 Å². The number of piperidine rings is 1. The van der Waals surface area contributed by atoms with Gasteiger partial charge in [-0.15, -0.1) is 0 Å². The SMILES string of the molecule is CCC(=O)N1CCC(Nc2ccn(C)n2)(C(=O)N2CCCC2)CC1. The number of carbonyl (C=O) groups is 2. The van der Waals surface area contributed by atoms with Gasteiger partial charge in [0.15, 0.2) is 0 Å². The van der Waals surface area contributed by atoms with Crippen molar-refractivity contribution in [1.29, 1.82) is 0 Å². The van der Waals surface area contributed by atoms with Crippen LogP contribution in [0.3, 0.4) is 0 Å². The van der Waals surface area contributed by atoms with E-state index in [0.29, 0.717) is 32.4 Å².